The number of aromatic amines is 1. The van der Waals surface area contributed by atoms with Crippen molar-refractivity contribution >= 4 is 35.3 Å². The first kappa shape index (κ1) is 13.1. The Labute approximate surface area is 123 Å². The molecule has 3 nitrogen and oxygen atoms in total. The normalized spacial score (nSPS) is 11.8. The minimum Gasteiger partial charge on any atom is -0.326 e. The van der Waals surface area contributed by atoms with E-state index < -0.39 is 0 Å². The van der Waals surface area contributed by atoms with Gasteiger partial charge in [-0.15, -0.1) is 0 Å². The van der Waals surface area contributed by atoms with Crippen LogP contribution in [0.4, 0.5) is 11.6 Å². The largest absolute Gasteiger partial charge is 0.326 e. The van der Waals surface area contributed by atoms with Crippen molar-refractivity contribution in [1.29, 1.82) is 0 Å². The van der Waals surface area contributed by atoms with E-state index in [1.165, 1.54) is 5.56 Å². The van der Waals surface area contributed by atoms with Crippen molar-refractivity contribution in [2.75, 3.05) is 5.32 Å². The molecular formula is C16H17N3S. The highest BCUT2D eigenvalue weighted by molar-refractivity contribution is 7.81. The molecule has 0 bridgehead atoms. The summed E-state index contributed by atoms with van der Waals surface area (Å²) in [6.07, 6.45) is 0. The van der Waals surface area contributed by atoms with Crippen molar-refractivity contribution in [2.24, 2.45) is 0 Å². The maximum absolute atomic E-state index is 4.61. The SMILES string of the molecule is CC(C)(S)c1ccc2nc(Nc3ccccc3)[nH]c2c1. The molecule has 0 atom stereocenters. The van der Waals surface area contributed by atoms with Gasteiger partial charge in [0.1, 0.15) is 0 Å². The van der Waals surface area contributed by atoms with Crippen LogP contribution in [0.2, 0.25) is 0 Å². The fourth-order valence-corrected chi connectivity index (χ4v) is 2.25. The average Bonchev–Trinajstić information content (AvgIpc) is 2.80. The zero-order chi connectivity index (χ0) is 14.2. The van der Waals surface area contributed by atoms with Crippen molar-refractivity contribution in [3.8, 4) is 0 Å². The molecule has 1 heterocycles. The molecule has 0 radical (unpaired) electrons. The van der Waals surface area contributed by atoms with E-state index in [9.17, 15) is 0 Å². The van der Waals surface area contributed by atoms with E-state index in [0.717, 1.165) is 22.7 Å². The first-order valence-corrected chi connectivity index (χ1v) is 7.02. The number of nitrogens with one attached hydrogen (secondary N) is 2. The molecule has 0 unspecified atom stereocenters. The molecule has 0 amide bonds. The van der Waals surface area contributed by atoms with Crippen molar-refractivity contribution in [3.05, 3.63) is 54.1 Å². The molecule has 2 aromatic carbocycles. The van der Waals surface area contributed by atoms with Gasteiger partial charge in [-0.25, -0.2) is 4.98 Å². The minimum absolute atomic E-state index is 0.160. The van der Waals surface area contributed by atoms with Crippen molar-refractivity contribution in [2.45, 2.75) is 18.6 Å². The van der Waals surface area contributed by atoms with Crippen LogP contribution in [0.5, 0.6) is 0 Å². The summed E-state index contributed by atoms with van der Waals surface area (Å²) >= 11 is 4.61. The van der Waals surface area contributed by atoms with E-state index in [0.29, 0.717) is 0 Å². The lowest BCUT2D eigenvalue weighted by atomic mass is 10.0. The molecular weight excluding hydrogens is 266 g/mol. The van der Waals surface area contributed by atoms with E-state index in [-0.39, 0.29) is 4.75 Å². The molecule has 3 aromatic rings. The number of fused-ring (bicyclic) bond motifs is 1. The predicted molar refractivity (Wildman–Crippen MR) is 87.8 cm³/mol. The Kier molecular flexibility index (Phi) is 3.18. The Balaban J connectivity index is 1.95. The van der Waals surface area contributed by atoms with Gasteiger partial charge in [0.05, 0.1) is 11.0 Å². The van der Waals surface area contributed by atoms with Crippen LogP contribution in [0.25, 0.3) is 11.0 Å². The van der Waals surface area contributed by atoms with Crippen molar-refractivity contribution in [3.63, 3.8) is 0 Å². The molecule has 102 valence electrons. The first-order valence-electron chi connectivity index (χ1n) is 6.57. The molecule has 4 heteroatoms. The van der Waals surface area contributed by atoms with Crippen LogP contribution in [-0.4, -0.2) is 9.97 Å². The Bertz CT molecular complexity index is 726. The number of hydrogen-bond acceptors (Lipinski definition) is 3. The van der Waals surface area contributed by atoms with Crippen LogP contribution in [0, 0.1) is 0 Å². The van der Waals surface area contributed by atoms with Crippen molar-refractivity contribution in [1.82, 2.24) is 9.97 Å². The summed E-state index contributed by atoms with van der Waals surface area (Å²) in [5.41, 5.74) is 4.15. The smallest absolute Gasteiger partial charge is 0.205 e. The quantitative estimate of drug-likeness (QED) is 0.621. The highest BCUT2D eigenvalue weighted by Gasteiger charge is 2.15. The number of para-hydroxylation sites is 1. The van der Waals surface area contributed by atoms with Crippen LogP contribution in [0.3, 0.4) is 0 Å². The molecule has 0 aliphatic carbocycles. The van der Waals surface area contributed by atoms with Crippen LogP contribution >= 0.6 is 12.6 Å². The lowest BCUT2D eigenvalue weighted by molar-refractivity contribution is 0.792. The molecule has 0 fully saturated rings. The highest BCUT2D eigenvalue weighted by atomic mass is 32.1. The lowest BCUT2D eigenvalue weighted by Gasteiger charge is -2.17. The molecule has 0 aliphatic heterocycles. The van der Waals surface area contributed by atoms with E-state index in [2.05, 4.69) is 53.9 Å². The van der Waals surface area contributed by atoms with Gasteiger partial charge in [-0.3, -0.25) is 0 Å². The summed E-state index contributed by atoms with van der Waals surface area (Å²) < 4.78 is -0.160. The molecule has 1 aromatic heterocycles. The summed E-state index contributed by atoms with van der Waals surface area (Å²) in [5.74, 6) is 0.750. The number of imidazole rings is 1. The Hall–Kier alpha value is -1.94. The molecule has 0 aliphatic rings. The van der Waals surface area contributed by atoms with E-state index in [1.807, 2.05) is 36.4 Å². The summed E-state index contributed by atoms with van der Waals surface area (Å²) in [6.45, 7) is 4.16. The summed E-state index contributed by atoms with van der Waals surface area (Å²) in [5, 5.41) is 3.27. The number of thiol groups is 1. The third kappa shape index (κ3) is 2.65. The van der Waals surface area contributed by atoms with E-state index in [4.69, 9.17) is 0 Å². The number of benzene rings is 2. The van der Waals surface area contributed by atoms with Gasteiger partial charge in [0.2, 0.25) is 5.95 Å². The molecule has 0 saturated heterocycles. The predicted octanol–water partition coefficient (Wildman–Crippen LogP) is 4.47. The fourth-order valence-electron chi connectivity index (χ4n) is 2.11. The number of hydrogen-bond donors (Lipinski definition) is 3. The van der Waals surface area contributed by atoms with Crippen LogP contribution in [-0.2, 0) is 4.75 Å². The monoisotopic (exact) mass is 283 g/mol. The summed E-state index contributed by atoms with van der Waals surface area (Å²) in [7, 11) is 0. The van der Waals surface area contributed by atoms with Gasteiger partial charge in [0.15, 0.2) is 0 Å². The standard InChI is InChI=1S/C16H17N3S/c1-16(2,20)11-8-9-13-14(10-11)19-15(18-13)17-12-6-4-3-5-7-12/h3-10,20H,1-2H3,(H2,17,18,19). The third-order valence-corrected chi connectivity index (χ3v) is 3.48. The lowest BCUT2D eigenvalue weighted by Crippen LogP contribution is -2.06. The van der Waals surface area contributed by atoms with Gasteiger partial charge in [0.25, 0.3) is 0 Å². The zero-order valence-corrected chi connectivity index (χ0v) is 12.4. The number of aromatic nitrogens is 2. The summed E-state index contributed by atoms with van der Waals surface area (Å²) in [4.78, 5) is 7.84. The maximum atomic E-state index is 4.61. The second-order valence-corrected chi connectivity index (χ2v) is 6.49. The maximum Gasteiger partial charge on any atom is 0.205 e. The highest BCUT2D eigenvalue weighted by Crippen LogP contribution is 2.29. The summed E-state index contributed by atoms with van der Waals surface area (Å²) in [6, 6.07) is 16.2. The molecule has 3 rings (SSSR count). The van der Waals surface area contributed by atoms with E-state index in [1.54, 1.807) is 0 Å². The first-order chi connectivity index (χ1) is 9.52. The number of nitrogens with zero attached hydrogens (tertiary/aromatic N) is 1. The van der Waals surface area contributed by atoms with Gasteiger partial charge in [-0.05, 0) is 43.7 Å². The molecule has 20 heavy (non-hydrogen) atoms. The molecule has 0 spiro atoms. The Morgan fingerprint density at radius 3 is 2.55 bits per heavy atom. The second-order valence-electron chi connectivity index (χ2n) is 5.37. The molecule has 0 saturated carbocycles. The van der Waals surface area contributed by atoms with Gasteiger partial charge in [-0.1, -0.05) is 24.3 Å². The van der Waals surface area contributed by atoms with E-state index >= 15 is 0 Å². The second kappa shape index (κ2) is 4.87. The Morgan fingerprint density at radius 2 is 1.85 bits per heavy atom. The average molecular weight is 283 g/mol. The third-order valence-electron chi connectivity index (χ3n) is 3.22. The van der Waals surface area contributed by atoms with Crippen LogP contribution in [0.15, 0.2) is 48.5 Å². The number of anilines is 2. The van der Waals surface area contributed by atoms with Crippen LogP contribution < -0.4 is 5.32 Å². The van der Waals surface area contributed by atoms with Gasteiger partial charge < -0.3 is 10.3 Å². The topological polar surface area (TPSA) is 40.7 Å². The van der Waals surface area contributed by atoms with Gasteiger partial charge in [-0.2, -0.15) is 12.6 Å². The van der Waals surface area contributed by atoms with Gasteiger partial charge >= 0.3 is 0 Å². The minimum atomic E-state index is -0.160. The Morgan fingerprint density at radius 1 is 1.10 bits per heavy atom. The fraction of sp³-hybridized carbons (Fsp3) is 0.188. The van der Waals surface area contributed by atoms with Gasteiger partial charge in [0, 0.05) is 10.4 Å². The van der Waals surface area contributed by atoms with Crippen LogP contribution in [0.1, 0.15) is 19.4 Å². The number of H-pyrrole nitrogens is 1. The number of rotatable bonds is 3. The molecule has 2 N–H and O–H groups in total. The zero-order valence-electron chi connectivity index (χ0n) is 11.5. The van der Waals surface area contributed by atoms with Crippen molar-refractivity contribution < 1.29 is 0 Å².